The normalized spacial score (nSPS) is 10.6. The van der Waals surface area contributed by atoms with Gasteiger partial charge in [0.1, 0.15) is 6.61 Å². The summed E-state index contributed by atoms with van der Waals surface area (Å²) < 4.78 is 10.7. The Morgan fingerprint density at radius 3 is 2.75 bits per heavy atom. The predicted octanol–water partition coefficient (Wildman–Crippen LogP) is 1.26. The SMILES string of the molecule is CCOc1cc(C=NO)ccc1OCCO. The van der Waals surface area contributed by atoms with Gasteiger partial charge in [0, 0.05) is 5.56 Å². The molecule has 5 nitrogen and oxygen atoms in total. The van der Waals surface area contributed by atoms with Gasteiger partial charge in [0.15, 0.2) is 11.5 Å². The minimum absolute atomic E-state index is 0.0502. The Morgan fingerprint density at radius 2 is 2.12 bits per heavy atom. The molecule has 1 aromatic carbocycles. The minimum atomic E-state index is -0.0502. The Bertz CT molecular complexity index is 352. The Kier molecular flexibility index (Phi) is 5.15. The summed E-state index contributed by atoms with van der Waals surface area (Å²) in [5.41, 5.74) is 0.710. The van der Waals surface area contributed by atoms with Crippen LogP contribution in [-0.4, -0.2) is 36.3 Å². The van der Waals surface area contributed by atoms with Gasteiger partial charge in [-0.3, -0.25) is 0 Å². The van der Waals surface area contributed by atoms with Crippen LogP contribution in [0.15, 0.2) is 23.4 Å². The highest BCUT2D eigenvalue weighted by Gasteiger charge is 2.05. The number of benzene rings is 1. The van der Waals surface area contributed by atoms with Crippen LogP contribution in [0.2, 0.25) is 0 Å². The van der Waals surface area contributed by atoms with Crippen molar-refractivity contribution in [3.8, 4) is 11.5 Å². The largest absolute Gasteiger partial charge is 0.490 e. The number of aliphatic hydroxyl groups is 1. The van der Waals surface area contributed by atoms with Gasteiger partial charge in [-0.15, -0.1) is 0 Å². The third-order valence-corrected chi connectivity index (χ3v) is 1.82. The van der Waals surface area contributed by atoms with E-state index in [1.54, 1.807) is 18.2 Å². The van der Waals surface area contributed by atoms with Crippen LogP contribution in [-0.2, 0) is 0 Å². The Hall–Kier alpha value is -1.75. The van der Waals surface area contributed by atoms with Crippen molar-refractivity contribution in [1.29, 1.82) is 0 Å². The summed E-state index contributed by atoms with van der Waals surface area (Å²) in [5.74, 6) is 1.12. The van der Waals surface area contributed by atoms with Crippen LogP contribution in [0.1, 0.15) is 12.5 Å². The average Bonchev–Trinajstić information content (AvgIpc) is 2.29. The van der Waals surface area contributed by atoms with Crippen LogP contribution in [0.4, 0.5) is 0 Å². The van der Waals surface area contributed by atoms with E-state index in [4.69, 9.17) is 19.8 Å². The smallest absolute Gasteiger partial charge is 0.161 e. The molecule has 0 aliphatic rings. The zero-order valence-electron chi connectivity index (χ0n) is 9.09. The Balaban J connectivity index is 2.89. The molecule has 1 rings (SSSR count). The molecule has 0 saturated heterocycles. The monoisotopic (exact) mass is 225 g/mol. The molecule has 16 heavy (non-hydrogen) atoms. The molecular formula is C11H15NO4. The lowest BCUT2D eigenvalue weighted by Crippen LogP contribution is -2.04. The number of aliphatic hydroxyl groups excluding tert-OH is 1. The van der Waals surface area contributed by atoms with Crippen molar-refractivity contribution < 1.29 is 19.8 Å². The van der Waals surface area contributed by atoms with E-state index in [0.29, 0.717) is 23.7 Å². The first kappa shape index (κ1) is 12.3. The fourth-order valence-electron chi connectivity index (χ4n) is 1.21. The van der Waals surface area contributed by atoms with E-state index < -0.39 is 0 Å². The minimum Gasteiger partial charge on any atom is -0.490 e. The van der Waals surface area contributed by atoms with Crippen molar-refractivity contribution in [3.05, 3.63) is 23.8 Å². The third kappa shape index (κ3) is 3.43. The molecule has 0 bridgehead atoms. The number of ether oxygens (including phenoxy) is 2. The van der Waals surface area contributed by atoms with Gasteiger partial charge in [0.05, 0.1) is 19.4 Å². The Morgan fingerprint density at radius 1 is 1.31 bits per heavy atom. The van der Waals surface area contributed by atoms with Crippen LogP contribution >= 0.6 is 0 Å². The van der Waals surface area contributed by atoms with Gasteiger partial charge in [-0.2, -0.15) is 0 Å². The van der Waals surface area contributed by atoms with E-state index in [0.717, 1.165) is 0 Å². The number of rotatable bonds is 6. The first-order chi connectivity index (χ1) is 7.81. The van der Waals surface area contributed by atoms with Crippen molar-refractivity contribution in [2.75, 3.05) is 19.8 Å². The molecule has 0 aliphatic carbocycles. The van der Waals surface area contributed by atoms with Crippen molar-refractivity contribution in [3.63, 3.8) is 0 Å². The van der Waals surface area contributed by atoms with Crippen molar-refractivity contribution in [2.24, 2.45) is 5.16 Å². The van der Waals surface area contributed by atoms with E-state index in [-0.39, 0.29) is 13.2 Å². The van der Waals surface area contributed by atoms with E-state index in [2.05, 4.69) is 5.16 Å². The first-order valence-corrected chi connectivity index (χ1v) is 4.99. The van der Waals surface area contributed by atoms with Crippen molar-refractivity contribution in [1.82, 2.24) is 0 Å². The molecule has 2 N–H and O–H groups in total. The zero-order chi connectivity index (χ0) is 11.8. The van der Waals surface area contributed by atoms with Crippen LogP contribution in [0, 0.1) is 0 Å². The molecule has 0 heterocycles. The molecule has 0 radical (unpaired) electrons. The van der Waals surface area contributed by atoms with Gasteiger partial charge in [-0.1, -0.05) is 5.16 Å². The summed E-state index contributed by atoms with van der Waals surface area (Å²) in [7, 11) is 0. The highest BCUT2D eigenvalue weighted by molar-refractivity contribution is 5.80. The van der Waals surface area contributed by atoms with E-state index in [1.807, 2.05) is 6.92 Å². The average molecular weight is 225 g/mol. The fraction of sp³-hybridized carbons (Fsp3) is 0.364. The van der Waals surface area contributed by atoms with E-state index >= 15 is 0 Å². The second-order valence-electron chi connectivity index (χ2n) is 2.96. The predicted molar refractivity (Wildman–Crippen MR) is 59.6 cm³/mol. The van der Waals surface area contributed by atoms with Gasteiger partial charge in [0.25, 0.3) is 0 Å². The van der Waals surface area contributed by atoms with Crippen LogP contribution in [0.3, 0.4) is 0 Å². The molecule has 88 valence electrons. The first-order valence-electron chi connectivity index (χ1n) is 4.99. The molecule has 0 aliphatic heterocycles. The summed E-state index contributed by atoms with van der Waals surface area (Å²) in [6.45, 7) is 2.54. The van der Waals surface area contributed by atoms with E-state index in [1.165, 1.54) is 6.21 Å². The number of hydrogen-bond acceptors (Lipinski definition) is 5. The summed E-state index contributed by atoms with van der Waals surface area (Å²) >= 11 is 0. The van der Waals surface area contributed by atoms with Gasteiger partial charge < -0.3 is 19.8 Å². The molecule has 0 fully saturated rings. The molecule has 1 aromatic rings. The molecule has 0 spiro atoms. The molecule has 0 unspecified atom stereocenters. The maximum atomic E-state index is 8.67. The molecule has 0 aromatic heterocycles. The quantitative estimate of drug-likeness (QED) is 0.434. The maximum absolute atomic E-state index is 8.67. The van der Waals surface area contributed by atoms with Gasteiger partial charge in [-0.05, 0) is 25.1 Å². The zero-order valence-corrected chi connectivity index (χ0v) is 9.09. The highest BCUT2D eigenvalue weighted by Crippen LogP contribution is 2.27. The molecule has 0 amide bonds. The van der Waals surface area contributed by atoms with Crippen LogP contribution in [0.5, 0.6) is 11.5 Å². The molecule has 5 heteroatoms. The Labute approximate surface area is 93.9 Å². The fourth-order valence-corrected chi connectivity index (χ4v) is 1.21. The lowest BCUT2D eigenvalue weighted by Gasteiger charge is -2.11. The van der Waals surface area contributed by atoms with Crippen molar-refractivity contribution >= 4 is 6.21 Å². The topological polar surface area (TPSA) is 71.3 Å². The summed E-state index contributed by atoms with van der Waals surface area (Å²) in [6.07, 6.45) is 1.30. The number of hydrogen-bond donors (Lipinski definition) is 2. The van der Waals surface area contributed by atoms with E-state index in [9.17, 15) is 0 Å². The second-order valence-corrected chi connectivity index (χ2v) is 2.96. The number of oxime groups is 1. The van der Waals surface area contributed by atoms with Crippen LogP contribution in [0.25, 0.3) is 0 Å². The van der Waals surface area contributed by atoms with Gasteiger partial charge >= 0.3 is 0 Å². The molecular weight excluding hydrogens is 210 g/mol. The maximum Gasteiger partial charge on any atom is 0.161 e. The lowest BCUT2D eigenvalue weighted by atomic mass is 10.2. The van der Waals surface area contributed by atoms with Gasteiger partial charge in [0.2, 0.25) is 0 Å². The van der Waals surface area contributed by atoms with Crippen LogP contribution < -0.4 is 9.47 Å². The lowest BCUT2D eigenvalue weighted by molar-refractivity contribution is 0.194. The standard InChI is InChI=1S/C11H15NO4/c1-2-15-11-7-9(8-12-14)3-4-10(11)16-6-5-13/h3-4,7-8,13-14H,2,5-6H2,1H3. The van der Waals surface area contributed by atoms with Gasteiger partial charge in [-0.25, -0.2) is 0 Å². The third-order valence-electron chi connectivity index (χ3n) is 1.82. The summed E-state index contributed by atoms with van der Waals surface area (Å²) in [6, 6.07) is 5.14. The summed E-state index contributed by atoms with van der Waals surface area (Å²) in [5, 5.41) is 20.0. The second kappa shape index (κ2) is 6.68. The molecule has 0 atom stereocenters. The highest BCUT2D eigenvalue weighted by atomic mass is 16.5. The number of nitrogens with zero attached hydrogens (tertiary/aromatic N) is 1. The summed E-state index contributed by atoms with van der Waals surface area (Å²) in [4.78, 5) is 0. The molecule has 0 saturated carbocycles. The van der Waals surface area contributed by atoms with Crippen molar-refractivity contribution in [2.45, 2.75) is 6.92 Å².